The van der Waals surface area contributed by atoms with E-state index in [0.717, 1.165) is 40.2 Å². The molecule has 27 heavy (non-hydrogen) atoms. The third kappa shape index (κ3) is 5.13. The minimum Gasteiger partial charge on any atom is -0.493 e. The normalized spacial score (nSPS) is 11.2. The zero-order valence-electron chi connectivity index (χ0n) is 16.8. The van der Waals surface area contributed by atoms with E-state index >= 15 is 0 Å². The highest BCUT2D eigenvalue weighted by molar-refractivity contribution is 6.16. The van der Waals surface area contributed by atoms with Crippen LogP contribution in [0.1, 0.15) is 42.5 Å². The van der Waals surface area contributed by atoms with Gasteiger partial charge in [-0.15, -0.1) is 0 Å². The molecule has 0 bridgehead atoms. The zero-order chi connectivity index (χ0) is 19.8. The fourth-order valence-corrected chi connectivity index (χ4v) is 2.86. The van der Waals surface area contributed by atoms with E-state index in [1.54, 1.807) is 6.08 Å². The summed E-state index contributed by atoms with van der Waals surface area (Å²) in [5.41, 5.74) is 4.33. The number of hydrogen-bond donors (Lipinski definition) is 0. The molecule has 0 radical (unpaired) electrons. The van der Waals surface area contributed by atoms with Gasteiger partial charge in [-0.05, 0) is 56.0 Å². The fourth-order valence-electron chi connectivity index (χ4n) is 2.86. The summed E-state index contributed by atoms with van der Waals surface area (Å²) in [5, 5.41) is 0. The van der Waals surface area contributed by atoms with Gasteiger partial charge in [0, 0.05) is 5.56 Å². The zero-order valence-corrected chi connectivity index (χ0v) is 16.8. The predicted molar refractivity (Wildman–Crippen MR) is 108 cm³/mol. The van der Waals surface area contributed by atoms with Crippen molar-refractivity contribution in [1.82, 2.24) is 0 Å². The summed E-state index contributed by atoms with van der Waals surface area (Å²) in [6.07, 6.45) is 2.72. The van der Waals surface area contributed by atoms with Crippen molar-refractivity contribution in [1.29, 1.82) is 0 Å². The Kier molecular flexibility index (Phi) is 7.47. The third-order valence-electron chi connectivity index (χ3n) is 4.30. The summed E-state index contributed by atoms with van der Waals surface area (Å²) in [6.45, 7) is 8.95. The topological polar surface area (TPSA) is 44.8 Å². The molecule has 0 aliphatic heterocycles. The Hall–Kier alpha value is -2.75. The first-order chi connectivity index (χ1) is 13.0. The molecule has 2 aromatic rings. The molecule has 0 unspecified atom stereocenters. The molecule has 0 N–H and O–H groups in total. The highest BCUT2D eigenvalue weighted by Crippen LogP contribution is 2.31. The van der Waals surface area contributed by atoms with Gasteiger partial charge in [0.1, 0.15) is 18.1 Å². The molecule has 0 aliphatic carbocycles. The van der Waals surface area contributed by atoms with E-state index in [1.165, 1.54) is 7.11 Å². The lowest BCUT2D eigenvalue weighted by atomic mass is 10.00. The highest BCUT2D eigenvalue weighted by atomic mass is 16.5. The van der Waals surface area contributed by atoms with E-state index in [0.29, 0.717) is 18.8 Å². The number of aryl methyl sites for hydroxylation is 1. The standard InChI is InChI=1S/C23H28O4/c1-6-12-26-21-13-16(3)14-22(17(21)4)27-15-18-10-8-9-11-20(18)19(7-2)23(24)25-5/h7-11,13-14H,6,12,15H2,1-5H3. The number of ether oxygens (including phenoxy) is 3. The maximum Gasteiger partial charge on any atom is 0.338 e. The first-order valence-corrected chi connectivity index (χ1v) is 9.21. The highest BCUT2D eigenvalue weighted by Gasteiger charge is 2.16. The lowest BCUT2D eigenvalue weighted by molar-refractivity contribution is -0.133. The summed E-state index contributed by atoms with van der Waals surface area (Å²) < 4.78 is 16.8. The van der Waals surface area contributed by atoms with Crippen molar-refractivity contribution in [2.24, 2.45) is 0 Å². The number of allylic oxidation sites excluding steroid dienone is 1. The molecule has 144 valence electrons. The Labute approximate surface area is 161 Å². The molecular formula is C23H28O4. The second kappa shape index (κ2) is 9.81. The van der Waals surface area contributed by atoms with Crippen LogP contribution in [0.25, 0.3) is 5.57 Å². The van der Waals surface area contributed by atoms with Crippen LogP contribution in [0.3, 0.4) is 0 Å². The summed E-state index contributed by atoms with van der Waals surface area (Å²) in [6, 6.07) is 11.7. The van der Waals surface area contributed by atoms with E-state index in [-0.39, 0.29) is 5.97 Å². The molecule has 0 aromatic heterocycles. The maximum absolute atomic E-state index is 12.1. The van der Waals surface area contributed by atoms with Gasteiger partial charge in [0.25, 0.3) is 0 Å². The number of carbonyl (C=O) groups excluding carboxylic acids is 1. The van der Waals surface area contributed by atoms with Crippen molar-refractivity contribution in [3.8, 4) is 11.5 Å². The van der Waals surface area contributed by atoms with E-state index in [2.05, 4.69) is 6.92 Å². The summed E-state index contributed by atoms with van der Waals surface area (Å²) in [4.78, 5) is 12.1. The van der Waals surface area contributed by atoms with Gasteiger partial charge >= 0.3 is 5.97 Å². The van der Waals surface area contributed by atoms with Crippen molar-refractivity contribution in [3.05, 3.63) is 64.7 Å². The van der Waals surface area contributed by atoms with Crippen LogP contribution < -0.4 is 9.47 Å². The van der Waals surface area contributed by atoms with Gasteiger partial charge in [0.2, 0.25) is 0 Å². The molecule has 2 aromatic carbocycles. The monoisotopic (exact) mass is 368 g/mol. The molecule has 0 atom stereocenters. The van der Waals surface area contributed by atoms with E-state index in [1.807, 2.05) is 57.2 Å². The summed E-state index contributed by atoms with van der Waals surface area (Å²) >= 11 is 0. The van der Waals surface area contributed by atoms with Gasteiger partial charge in [0.15, 0.2) is 0 Å². The van der Waals surface area contributed by atoms with Gasteiger partial charge in [0.05, 0.1) is 19.3 Å². The largest absolute Gasteiger partial charge is 0.493 e. The average Bonchev–Trinajstić information content (AvgIpc) is 2.68. The Morgan fingerprint density at radius 3 is 2.37 bits per heavy atom. The maximum atomic E-state index is 12.1. The molecule has 0 saturated carbocycles. The van der Waals surface area contributed by atoms with Crippen LogP contribution in [0.2, 0.25) is 0 Å². The molecule has 0 aliphatic rings. The minimum atomic E-state index is -0.355. The van der Waals surface area contributed by atoms with Crippen molar-refractivity contribution >= 4 is 11.5 Å². The Morgan fingerprint density at radius 1 is 1.07 bits per heavy atom. The minimum absolute atomic E-state index is 0.349. The molecule has 2 rings (SSSR count). The summed E-state index contributed by atoms with van der Waals surface area (Å²) in [5.74, 6) is 1.28. The van der Waals surface area contributed by atoms with Crippen LogP contribution in [0, 0.1) is 13.8 Å². The van der Waals surface area contributed by atoms with Gasteiger partial charge in [-0.25, -0.2) is 4.79 Å². The number of rotatable bonds is 8. The van der Waals surface area contributed by atoms with Crippen molar-refractivity contribution < 1.29 is 19.0 Å². The summed E-state index contributed by atoms with van der Waals surface area (Å²) in [7, 11) is 1.39. The SMILES string of the molecule is CC=C(C(=O)OC)c1ccccc1COc1cc(C)cc(OCCC)c1C. The number of methoxy groups -OCH3 is 1. The smallest absolute Gasteiger partial charge is 0.338 e. The van der Waals surface area contributed by atoms with Crippen molar-refractivity contribution in [2.45, 2.75) is 40.7 Å². The molecule has 0 saturated heterocycles. The van der Waals surface area contributed by atoms with Gasteiger partial charge < -0.3 is 14.2 Å². The average molecular weight is 368 g/mol. The van der Waals surface area contributed by atoms with Crippen LogP contribution >= 0.6 is 0 Å². The lowest BCUT2D eigenvalue weighted by Gasteiger charge is -2.16. The molecule has 4 nitrogen and oxygen atoms in total. The Balaban J connectivity index is 2.28. The first kappa shape index (κ1) is 20.6. The van der Waals surface area contributed by atoms with Gasteiger partial charge in [-0.3, -0.25) is 0 Å². The molecule has 0 amide bonds. The fraction of sp³-hybridized carbons (Fsp3) is 0.348. The molecule has 4 heteroatoms. The number of benzene rings is 2. The van der Waals surface area contributed by atoms with Crippen molar-refractivity contribution in [3.63, 3.8) is 0 Å². The van der Waals surface area contributed by atoms with Crippen LogP contribution in [-0.2, 0) is 16.1 Å². The number of carbonyl (C=O) groups is 1. The van der Waals surface area contributed by atoms with Crippen molar-refractivity contribution in [2.75, 3.05) is 13.7 Å². The molecule has 0 fully saturated rings. The quantitative estimate of drug-likeness (QED) is 0.472. The molecular weight excluding hydrogens is 340 g/mol. The van der Waals surface area contributed by atoms with Crippen LogP contribution in [0.5, 0.6) is 11.5 Å². The number of hydrogen-bond acceptors (Lipinski definition) is 4. The van der Waals surface area contributed by atoms with E-state index in [4.69, 9.17) is 14.2 Å². The second-order valence-corrected chi connectivity index (χ2v) is 6.37. The Bertz CT molecular complexity index is 821. The van der Waals surface area contributed by atoms with Gasteiger partial charge in [-0.2, -0.15) is 0 Å². The molecule has 0 heterocycles. The van der Waals surface area contributed by atoms with Crippen LogP contribution in [0.15, 0.2) is 42.5 Å². The predicted octanol–water partition coefficient (Wildman–Crippen LogP) is 5.25. The second-order valence-electron chi connectivity index (χ2n) is 6.37. The Morgan fingerprint density at radius 2 is 1.74 bits per heavy atom. The van der Waals surface area contributed by atoms with Crippen LogP contribution in [0.4, 0.5) is 0 Å². The van der Waals surface area contributed by atoms with Crippen LogP contribution in [-0.4, -0.2) is 19.7 Å². The number of esters is 1. The third-order valence-corrected chi connectivity index (χ3v) is 4.30. The van der Waals surface area contributed by atoms with E-state index in [9.17, 15) is 4.79 Å². The lowest BCUT2D eigenvalue weighted by Crippen LogP contribution is -2.08. The van der Waals surface area contributed by atoms with E-state index < -0.39 is 0 Å². The molecule has 0 spiro atoms. The first-order valence-electron chi connectivity index (χ1n) is 9.21. The van der Waals surface area contributed by atoms with Gasteiger partial charge in [-0.1, -0.05) is 37.3 Å².